The van der Waals surface area contributed by atoms with Crippen LogP contribution in [0.3, 0.4) is 0 Å². The topological polar surface area (TPSA) is 24.1 Å². The lowest BCUT2D eigenvalue weighted by atomic mass is 10.1. The summed E-state index contributed by atoms with van der Waals surface area (Å²) in [4.78, 5) is 0. The Balaban J connectivity index is 1.73. The van der Waals surface area contributed by atoms with Gasteiger partial charge in [0.2, 0.25) is 0 Å². The van der Waals surface area contributed by atoms with Gasteiger partial charge in [0.05, 0.1) is 0 Å². The number of rotatable bonds is 9. The summed E-state index contributed by atoms with van der Waals surface area (Å²) in [6, 6.07) is 10.0. The van der Waals surface area contributed by atoms with Crippen molar-refractivity contribution in [1.82, 2.24) is 5.32 Å². The summed E-state index contributed by atoms with van der Waals surface area (Å²) in [5.41, 5.74) is 2.14. The first kappa shape index (κ1) is 19.0. The molecule has 1 aliphatic heterocycles. The molecule has 130 valence electrons. The summed E-state index contributed by atoms with van der Waals surface area (Å²) >= 11 is 5.41. The van der Waals surface area contributed by atoms with E-state index >= 15 is 0 Å². The van der Waals surface area contributed by atoms with Crippen LogP contribution in [0.25, 0.3) is 0 Å². The Bertz CT molecular complexity index is 605. The van der Waals surface area contributed by atoms with Gasteiger partial charge in [0.15, 0.2) is 5.11 Å². The molecule has 0 fully saturated rings. The monoisotopic (exact) mass is 360 g/mol. The first-order valence-electron chi connectivity index (χ1n) is 9.00. The average Bonchev–Trinajstić information content (AvgIpc) is 2.59. The molecule has 1 atom stereocenters. The zero-order valence-electron chi connectivity index (χ0n) is 14.6. The van der Waals surface area contributed by atoms with E-state index in [1.54, 1.807) is 0 Å². The maximum absolute atomic E-state index is 5.41. The third-order valence-electron chi connectivity index (χ3n) is 4.04. The van der Waals surface area contributed by atoms with Gasteiger partial charge >= 0.3 is 0 Å². The Kier molecular flexibility index (Phi) is 8.94. The molecule has 4 heteroatoms. The van der Waals surface area contributed by atoms with Crippen LogP contribution in [-0.2, 0) is 0 Å². The lowest BCUT2D eigenvalue weighted by Crippen LogP contribution is -2.27. The predicted octanol–water partition coefficient (Wildman–Crippen LogP) is 5.76. The summed E-state index contributed by atoms with van der Waals surface area (Å²) in [6.45, 7) is 2.27. The van der Waals surface area contributed by atoms with Crippen molar-refractivity contribution in [2.75, 3.05) is 11.5 Å². The first-order chi connectivity index (χ1) is 11.8. The van der Waals surface area contributed by atoms with E-state index in [1.165, 1.54) is 44.7 Å². The summed E-state index contributed by atoms with van der Waals surface area (Å²) in [7, 11) is -0.530. The lowest BCUT2D eigenvalue weighted by molar-refractivity contribution is 0.626. The van der Waals surface area contributed by atoms with E-state index in [0.717, 1.165) is 11.4 Å². The minimum atomic E-state index is -0.530. The maximum atomic E-state index is 5.41. The van der Waals surface area contributed by atoms with Crippen molar-refractivity contribution in [3.05, 3.63) is 54.0 Å². The summed E-state index contributed by atoms with van der Waals surface area (Å²) in [5, 5.41) is 7.19. The van der Waals surface area contributed by atoms with Crippen molar-refractivity contribution in [2.45, 2.75) is 45.4 Å². The van der Waals surface area contributed by atoms with Gasteiger partial charge in [0.25, 0.3) is 0 Å². The van der Waals surface area contributed by atoms with E-state index in [4.69, 9.17) is 12.2 Å². The predicted molar refractivity (Wildman–Crippen MR) is 116 cm³/mol. The van der Waals surface area contributed by atoms with Crippen LogP contribution in [0.5, 0.6) is 0 Å². The van der Waals surface area contributed by atoms with Crippen LogP contribution in [0, 0.1) is 0 Å². The highest BCUT2D eigenvalue weighted by Crippen LogP contribution is 2.30. The van der Waals surface area contributed by atoms with Gasteiger partial charge in [-0.05, 0) is 48.8 Å². The van der Waals surface area contributed by atoms with Gasteiger partial charge < -0.3 is 10.6 Å². The zero-order valence-corrected chi connectivity index (χ0v) is 16.4. The van der Waals surface area contributed by atoms with Gasteiger partial charge in [-0.3, -0.25) is 0 Å². The molecule has 0 saturated heterocycles. The normalized spacial score (nSPS) is 16.2. The van der Waals surface area contributed by atoms with E-state index in [9.17, 15) is 0 Å². The van der Waals surface area contributed by atoms with Crippen LogP contribution < -0.4 is 10.6 Å². The van der Waals surface area contributed by atoms with Crippen LogP contribution in [0.2, 0.25) is 0 Å². The fourth-order valence-electron chi connectivity index (χ4n) is 2.73. The molecule has 2 N–H and O–H groups in total. The average molecular weight is 361 g/mol. The van der Waals surface area contributed by atoms with Crippen LogP contribution in [0.15, 0.2) is 54.0 Å². The molecule has 2 nitrogen and oxygen atoms in total. The number of anilines is 1. The molecule has 1 aliphatic rings. The molecular formula is C20H29N2PS. The molecule has 0 aromatic heterocycles. The number of nitrogens with one attached hydrogen (secondary N) is 2. The second-order valence-electron chi connectivity index (χ2n) is 6.16. The summed E-state index contributed by atoms with van der Waals surface area (Å²) in [6.07, 6.45) is 13.8. The molecule has 0 aliphatic carbocycles. The highest BCUT2D eigenvalue weighted by Gasteiger charge is 2.03. The third kappa shape index (κ3) is 7.51. The van der Waals surface area contributed by atoms with E-state index in [1.807, 2.05) is 30.3 Å². The number of thiocarbonyl (C=S) groups is 1. The molecule has 0 bridgehead atoms. The smallest absolute Gasteiger partial charge is 0.175 e. The minimum absolute atomic E-state index is 0.530. The van der Waals surface area contributed by atoms with Crippen LogP contribution in [0.4, 0.5) is 5.69 Å². The van der Waals surface area contributed by atoms with Gasteiger partial charge in [0.1, 0.15) is 0 Å². The number of unbranched alkanes of at least 4 members (excludes halogenated alkanes) is 5. The van der Waals surface area contributed by atoms with Crippen molar-refractivity contribution in [1.29, 1.82) is 0 Å². The Morgan fingerprint density at radius 1 is 1.00 bits per heavy atom. The van der Waals surface area contributed by atoms with Crippen molar-refractivity contribution < 1.29 is 0 Å². The van der Waals surface area contributed by atoms with Gasteiger partial charge in [-0.15, -0.1) is 0 Å². The third-order valence-corrected chi connectivity index (χ3v) is 6.47. The van der Waals surface area contributed by atoms with Crippen molar-refractivity contribution in [3.8, 4) is 0 Å². The van der Waals surface area contributed by atoms with Gasteiger partial charge in [-0.1, -0.05) is 76.6 Å². The molecule has 1 unspecified atom stereocenters. The molecule has 2 rings (SSSR count). The van der Waals surface area contributed by atoms with Crippen molar-refractivity contribution >= 4 is 36.4 Å². The molecule has 1 aromatic rings. The van der Waals surface area contributed by atoms with E-state index in [2.05, 4.69) is 41.3 Å². The Hall–Kier alpha value is -1.31. The highest BCUT2D eigenvalue weighted by molar-refractivity contribution is 7.80. The number of benzene rings is 1. The quantitative estimate of drug-likeness (QED) is 0.332. The van der Waals surface area contributed by atoms with Crippen molar-refractivity contribution in [2.24, 2.45) is 0 Å². The fourth-order valence-corrected chi connectivity index (χ4v) is 4.94. The van der Waals surface area contributed by atoms with Crippen molar-refractivity contribution in [3.63, 3.8) is 0 Å². The molecule has 0 amide bonds. The maximum Gasteiger partial charge on any atom is 0.175 e. The van der Waals surface area contributed by atoms with Gasteiger partial charge in [0, 0.05) is 11.4 Å². The molecular weight excluding hydrogens is 331 g/mol. The number of hydrogen-bond donors (Lipinski definition) is 2. The van der Waals surface area contributed by atoms with E-state index in [0.29, 0.717) is 5.11 Å². The fraction of sp³-hybridized carbons (Fsp3) is 0.400. The summed E-state index contributed by atoms with van der Waals surface area (Å²) in [5.74, 6) is 4.77. The molecule has 0 spiro atoms. The molecule has 1 heterocycles. The van der Waals surface area contributed by atoms with Crippen LogP contribution in [0.1, 0.15) is 45.4 Å². The summed E-state index contributed by atoms with van der Waals surface area (Å²) < 4.78 is 0. The second kappa shape index (κ2) is 11.3. The van der Waals surface area contributed by atoms with Crippen LogP contribution in [-0.4, -0.2) is 17.1 Å². The Morgan fingerprint density at radius 2 is 1.75 bits per heavy atom. The van der Waals surface area contributed by atoms with Crippen LogP contribution >= 0.6 is 19.8 Å². The van der Waals surface area contributed by atoms with Gasteiger partial charge in [-0.25, -0.2) is 0 Å². The number of para-hydroxylation sites is 1. The Morgan fingerprint density at radius 3 is 2.54 bits per heavy atom. The Labute approximate surface area is 152 Å². The van der Waals surface area contributed by atoms with Gasteiger partial charge in [-0.2, -0.15) is 0 Å². The highest BCUT2D eigenvalue weighted by atomic mass is 32.1. The number of allylic oxidation sites excluding steroid dienone is 2. The molecule has 24 heavy (non-hydrogen) atoms. The standard InChI is InChI=1S/C20H29N2PS/c1-2-3-4-5-6-10-15-23-16-11-14-19(17-23)22-20(24)21-18-12-8-7-9-13-18/h7-9,11-14,16-17,23H,2-6,10,15H2,1H3,(H2,21,22,24). The molecule has 0 saturated carbocycles. The van der Waals surface area contributed by atoms with E-state index in [-0.39, 0.29) is 0 Å². The lowest BCUT2D eigenvalue weighted by Gasteiger charge is -2.14. The zero-order chi connectivity index (χ0) is 17.0. The SMILES string of the molecule is CCCCCCCC[PH]1=CC=CC(NC(=S)Nc2ccccc2)=C1. The largest absolute Gasteiger partial charge is 0.332 e. The minimum Gasteiger partial charge on any atom is -0.332 e. The molecule has 1 aromatic carbocycles. The first-order valence-corrected chi connectivity index (χ1v) is 11.3. The van der Waals surface area contributed by atoms with E-state index < -0.39 is 7.55 Å². The molecule has 0 radical (unpaired) electrons. The number of hydrogen-bond acceptors (Lipinski definition) is 1. The second-order valence-corrected chi connectivity index (χ2v) is 8.84.